The Morgan fingerprint density at radius 1 is 1.23 bits per heavy atom. The van der Waals surface area contributed by atoms with E-state index in [1.165, 1.54) is 11.8 Å². The molecule has 30 heavy (non-hydrogen) atoms. The number of nitrogens with one attached hydrogen (secondary N) is 1. The summed E-state index contributed by atoms with van der Waals surface area (Å²) in [6.45, 7) is 6.30. The molecule has 0 spiro atoms. The smallest absolute Gasteiger partial charge is 0.230 e. The topological polar surface area (TPSA) is 69.0 Å². The van der Waals surface area contributed by atoms with E-state index in [1.54, 1.807) is 13.2 Å². The Morgan fingerprint density at radius 3 is 2.57 bits per heavy atom. The summed E-state index contributed by atoms with van der Waals surface area (Å²) in [7, 11) is 1.63. The van der Waals surface area contributed by atoms with Crippen LogP contribution in [0.25, 0.3) is 11.4 Å². The predicted molar refractivity (Wildman–Crippen MR) is 121 cm³/mol. The quantitative estimate of drug-likeness (QED) is 0.382. The molecular weight excluding hydrogens is 420 g/mol. The lowest BCUT2D eigenvalue weighted by Crippen LogP contribution is -2.28. The van der Waals surface area contributed by atoms with E-state index in [0.29, 0.717) is 16.7 Å². The number of nitrogens with zero attached hydrogens (tertiary/aromatic N) is 3. The summed E-state index contributed by atoms with van der Waals surface area (Å²) in [5.74, 6) is 1.64. The van der Waals surface area contributed by atoms with Crippen molar-refractivity contribution in [2.24, 2.45) is 0 Å². The zero-order valence-electron chi connectivity index (χ0n) is 16.8. The Labute approximate surface area is 185 Å². The van der Waals surface area contributed by atoms with Gasteiger partial charge in [0.1, 0.15) is 5.75 Å². The number of aromatic nitrogens is 3. The Bertz CT molecular complexity index is 1000. The molecule has 1 heterocycles. The predicted octanol–water partition coefficient (Wildman–Crippen LogP) is 4.76. The van der Waals surface area contributed by atoms with E-state index in [1.807, 2.05) is 60.0 Å². The van der Waals surface area contributed by atoms with Crippen molar-refractivity contribution in [1.29, 1.82) is 0 Å². The Hall–Kier alpha value is -2.77. The minimum atomic E-state index is -0.115. The van der Waals surface area contributed by atoms with Gasteiger partial charge in [0, 0.05) is 17.1 Å². The summed E-state index contributed by atoms with van der Waals surface area (Å²) >= 11 is 7.26. The van der Waals surface area contributed by atoms with Crippen molar-refractivity contribution in [2.45, 2.75) is 24.7 Å². The SMILES string of the molecule is C=CCn1c(SCC(=O)NC(C)c2ccc(Cl)cc2)nnc1-c1ccc(OC)cc1. The molecule has 0 bridgehead atoms. The number of allylic oxidation sites excluding steroid dienone is 1. The molecule has 2 aromatic carbocycles. The van der Waals surface area contributed by atoms with E-state index in [2.05, 4.69) is 22.1 Å². The Balaban J connectivity index is 1.67. The molecule has 0 radical (unpaired) electrons. The number of hydrogen-bond donors (Lipinski definition) is 1. The summed E-state index contributed by atoms with van der Waals surface area (Å²) < 4.78 is 7.15. The zero-order valence-corrected chi connectivity index (χ0v) is 18.4. The summed E-state index contributed by atoms with van der Waals surface area (Å²) in [6, 6.07) is 14.9. The third kappa shape index (κ3) is 5.43. The van der Waals surface area contributed by atoms with Crippen LogP contribution >= 0.6 is 23.4 Å². The van der Waals surface area contributed by atoms with Gasteiger partial charge < -0.3 is 10.1 Å². The molecule has 1 atom stereocenters. The number of carbonyl (C=O) groups excluding carboxylic acids is 1. The van der Waals surface area contributed by atoms with Crippen LogP contribution in [-0.4, -0.2) is 33.5 Å². The highest BCUT2D eigenvalue weighted by Crippen LogP contribution is 2.26. The summed E-state index contributed by atoms with van der Waals surface area (Å²) in [6.07, 6.45) is 1.78. The third-order valence-corrected chi connectivity index (χ3v) is 5.68. The van der Waals surface area contributed by atoms with Crippen LogP contribution < -0.4 is 10.1 Å². The van der Waals surface area contributed by atoms with Crippen molar-refractivity contribution in [3.05, 3.63) is 71.8 Å². The second kappa shape index (κ2) is 10.3. The molecule has 3 aromatic rings. The lowest BCUT2D eigenvalue weighted by Gasteiger charge is -2.14. The van der Waals surface area contributed by atoms with E-state index < -0.39 is 0 Å². The number of carbonyl (C=O) groups is 1. The van der Waals surface area contributed by atoms with Gasteiger partial charge in [-0.3, -0.25) is 9.36 Å². The summed E-state index contributed by atoms with van der Waals surface area (Å²) in [4.78, 5) is 12.4. The van der Waals surface area contributed by atoms with Gasteiger partial charge in [-0.25, -0.2) is 0 Å². The number of halogens is 1. The Kier molecular flexibility index (Phi) is 7.54. The fourth-order valence-electron chi connectivity index (χ4n) is 2.89. The van der Waals surface area contributed by atoms with Gasteiger partial charge in [-0.1, -0.05) is 41.6 Å². The third-order valence-electron chi connectivity index (χ3n) is 4.46. The maximum Gasteiger partial charge on any atom is 0.230 e. The second-order valence-electron chi connectivity index (χ2n) is 6.56. The van der Waals surface area contributed by atoms with E-state index >= 15 is 0 Å². The number of rotatable bonds is 9. The van der Waals surface area contributed by atoms with Gasteiger partial charge in [-0.05, 0) is 48.9 Å². The molecule has 0 aliphatic rings. The van der Waals surface area contributed by atoms with Gasteiger partial charge in [-0.2, -0.15) is 0 Å². The highest BCUT2D eigenvalue weighted by Gasteiger charge is 2.16. The van der Waals surface area contributed by atoms with E-state index in [0.717, 1.165) is 22.7 Å². The van der Waals surface area contributed by atoms with Gasteiger partial charge in [-0.15, -0.1) is 16.8 Å². The molecule has 1 aromatic heterocycles. The Morgan fingerprint density at radius 2 is 1.93 bits per heavy atom. The second-order valence-corrected chi connectivity index (χ2v) is 7.94. The van der Waals surface area contributed by atoms with E-state index in [-0.39, 0.29) is 17.7 Å². The van der Waals surface area contributed by atoms with Gasteiger partial charge in [0.05, 0.1) is 18.9 Å². The molecule has 1 unspecified atom stereocenters. The highest BCUT2D eigenvalue weighted by molar-refractivity contribution is 7.99. The van der Waals surface area contributed by atoms with Crippen LogP contribution in [0.2, 0.25) is 5.02 Å². The zero-order chi connectivity index (χ0) is 21.5. The van der Waals surface area contributed by atoms with Crippen LogP contribution in [0, 0.1) is 0 Å². The molecule has 3 rings (SSSR count). The normalized spacial score (nSPS) is 11.7. The fourth-order valence-corrected chi connectivity index (χ4v) is 3.78. The van der Waals surface area contributed by atoms with Crippen LogP contribution in [-0.2, 0) is 11.3 Å². The maximum atomic E-state index is 12.4. The maximum absolute atomic E-state index is 12.4. The number of methoxy groups -OCH3 is 1. The average Bonchev–Trinajstić information content (AvgIpc) is 3.15. The lowest BCUT2D eigenvalue weighted by molar-refractivity contribution is -0.119. The van der Waals surface area contributed by atoms with E-state index in [9.17, 15) is 4.79 Å². The molecular formula is C22H23ClN4O2S. The van der Waals surface area contributed by atoms with Gasteiger partial charge in [0.2, 0.25) is 5.91 Å². The van der Waals surface area contributed by atoms with Crippen molar-refractivity contribution < 1.29 is 9.53 Å². The molecule has 0 aliphatic heterocycles. The fraction of sp³-hybridized carbons (Fsp3) is 0.227. The van der Waals surface area contributed by atoms with Crippen molar-refractivity contribution in [3.63, 3.8) is 0 Å². The first-order valence-electron chi connectivity index (χ1n) is 9.38. The standard InChI is InChI=1S/C22H23ClN4O2S/c1-4-13-27-21(17-7-11-19(29-3)12-8-17)25-26-22(27)30-14-20(28)24-15(2)16-5-9-18(23)10-6-16/h4-12,15H,1,13-14H2,2-3H3,(H,24,28). The first-order chi connectivity index (χ1) is 14.5. The summed E-state index contributed by atoms with van der Waals surface area (Å²) in [5.41, 5.74) is 1.91. The molecule has 0 saturated carbocycles. The van der Waals surface area contributed by atoms with Crippen LogP contribution in [0.3, 0.4) is 0 Å². The molecule has 1 N–H and O–H groups in total. The minimum absolute atomic E-state index is 0.0819. The molecule has 6 nitrogen and oxygen atoms in total. The molecule has 1 amide bonds. The monoisotopic (exact) mass is 442 g/mol. The molecule has 8 heteroatoms. The van der Waals surface area contributed by atoms with Crippen LogP contribution in [0.15, 0.2) is 66.3 Å². The van der Waals surface area contributed by atoms with Gasteiger partial charge in [0.15, 0.2) is 11.0 Å². The first-order valence-corrected chi connectivity index (χ1v) is 10.7. The van der Waals surface area contributed by atoms with Gasteiger partial charge in [0.25, 0.3) is 0 Å². The van der Waals surface area contributed by atoms with Crippen LogP contribution in [0.5, 0.6) is 5.75 Å². The van der Waals surface area contributed by atoms with Crippen LogP contribution in [0.1, 0.15) is 18.5 Å². The minimum Gasteiger partial charge on any atom is -0.497 e. The van der Waals surface area contributed by atoms with Crippen molar-refractivity contribution in [2.75, 3.05) is 12.9 Å². The average molecular weight is 443 g/mol. The van der Waals surface area contributed by atoms with Gasteiger partial charge >= 0.3 is 0 Å². The number of thioether (sulfide) groups is 1. The van der Waals surface area contributed by atoms with E-state index in [4.69, 9.17) is 16.3 Å². The lowest BCUT2D eigenvalue weighted by atomic mass is 10.1. The number of benzene rings is 2. The largest absolute Gasteiger partial charge is 0.497 e. The van der Waals surface area contributed by atoms with Crippen molar-refractivity contribution in [3.8, 4) is 17.1 Å². The molecule has 0 aliphatic carbocycles. The van der Waals surface area contributed by atoms with Crippen molar-refractivity contribution >= 4 is 29.3 Å². The first kappa shape index (κ1) is 21.9. The van der Waals surface area contributed by atoms with Crippen LogP contribution in [0.4, 0.5) is 0 Å². The van der Waals surface area contributed by atoms with Crippen molar-refractivity contribution in [1.82, 2.24) is 20.1 Å². The number of ether oxygens (including phenoxy) is 1. The summed E-state index contributed by atoms with van der Waals surface area (Å²) in [5, 5.41) is 12.9. The molecule has 156 valence electrons. The molecule has 0 fully saturated rings. The highest BCUT2D eigenvalue weighted by atomic mass is 35.5. The molecule has 0 saturated heterocycles. The number of amides is 1. The number of hydrogen-bond acceptors (Lipinski definition) is 5.